The number of aromatic amines is 1. The van der Waals surface area contributed by atoms with Gasteiger partial charge in [-0.2, -0.15) is 13.2 Å². The fourth-order valence-electron chi connectivity index (χ4n) is 1.77. The Morgan fingerprint density at radius 1 is 1.29 bits per heavy atom. The third-order valence-electron chi connectivity index (χ3n) is 2.73. The molecule has 1 N–H and O–H groups in total. The first-order valence-corrected chi connectivity index (χ1v) is 6.24. The molecule has 1 heterocycles. The van der Waals surface area contributed by atoms with Crippen LogP contribution in [0.15, 0.2) is 23.0 Å². The van der Waals surface area contributed by atoms with Crippen molar-refractivity contribution in [2.24, 2.45) is 7.05 Å². The summed E-state index contributed by atoms with van der Waals surface area (Å²) in [6.07, 6.45) is -4.87. The molecule has 0 aliphatic heterocycles. The van der Waals surface area contributed by atoms with Crippen LogP contribution >= 0.6 is 23.2 Å². The molecule has 0 spiro atoms. The standard InChI is InChI=1S/C12H7Cl2F3N2O2/c1-19-11(21)8(10(18-19)12(15,16)17)9(20)6-3-2-5(13)4-7(6)14/h2-4,18H,1H3. The summed E-state index contributed by atoms with van der Waals surface area (Å²) in [5.74, 6) is -1.12. The molecule has 0 bridgehead atoms. The molecule has 0 saturated heterocycles. The molecule has 1 aromatic heterocycles. The predicted octanol–water partition coefficient (Wildman–Crippen LogP) is 3.27. The number of rotatable bonds is 2. The molecule has 0 atom stereocenters. The zero-order chi connectivity index (χ0) is 15.9. The van der Waals surface area contributed by atoms with Gasteiger partial charge in [0.15, 0.2) is 5.69 Å². The maximum atomic E-state index is 12.9. The monoisotopic (exact) mass is 338 g/mol. The summed E-state index contributed by atoms with van der Waals surface area (Å²) in [6.45, 7) is 0. The molecule has 0 amide bonds. The van der Waals surface area contributed by atoms with Crippen LogP contribution in [-0.4, -0.2) is 15.6 Å². The first kappa shape index (κ1) is 15.7. The predicted molar refractivity (Wildman–Crippen MR) is 70.9 cm³/mol. The second-order valence-corrected chi connectivity index (χ2v) is 5.02. The van der Waals surface area contributed by atoms with Gasteiger partial charge in [-0.1, -0.05) is 23.2 Å². The minimum atomic E-state index is -4.87. The number of alkyl halides is 3. The van der Waals surface area contributed by atoms with E-state index >= 15 is 0 Å². The lowest BCUT2D eigenvalue weighted by Gasteiger charge is -2.07. The van der Waals surface area contributed by atoms with Crippen molar-refractivity contribution in [1.29, 1.82) is 0 Å². The quantitative estimate of drug-likeness (QED) is 0.854. The number of carbonyl (C=O) groups is 1. The number of nitrogens with zero attached hydrogens (tertiary/aromatic N) is 1. The number of aryl methyl sites for hydroxylation is 1. The van der Waals surface area contributed by atoms with Gasteiger partial charge < -0.3 is 0 Å². The summed E-state index contributed by atoms with van der Waals surface area (Å²) in [4.78, 5) is 24.0. The van der Waals surface area contributed by atoms with E-state index < -0.39 is 28.8 Å². The van der Waals surface area contributed by atoms with E-state index in [0.717, 1.165) is 7.05 Å². The fourth-order valence-corrected chi connectivity index (χ4v) is 2.27. The average Bonchev–Trinajstić information content (AvgIpc) is 2.65. The van der Waals surface area contributed by atoms with Crippen molar-refractivity contribution in [3.05, 3.63) is 55.4 Å². The molecule has 0 unspecified atom stereocenters. The van der Waals surface area contributed by atoms with Gasteiger partial charge in [0.25, 0.3) is 5.56 Å². The zero-order valence-corrected chi connectivity index (χ0v) is 11.9. The summed E-state index contributed by atoms with van der Waals surface area (Å²) < 4.78 is 39.3. The number of hydrogen-bond donors (Lipinski definition) is 1. The summed E-state index contributed by atoms with van der Waals surface area (Å²) in [7, 11) is 1.08. The average molecular weight is 339 g/mol. The molecule has 2 aromatic rings. The van der Waals surface area contributed by atoms with Gasteiger partial charge in [0, 0.05) is 17.6 Å². The Kier molecular flexibility index (Phi) is 3.90. The summed E-state index contributed by atoms with van der Waals surface area (Å²) in [5.41, 5.74) is -3.73. The number of hydrogen-bond acceptors (Lipinski definition) is 2. The normalized spacial score (nSPS) is 11.7. The van der Waals surface area contributed by atoms with Crippen molar-refractivity contribution >= 4 is 29.0 Å². The largest absolute Gasteiger partial charge is 0.433 e. The van der Waals surface area contributed by atoms with E-state index in [2.05, 4.69) is 0 Å². The first-order chi connectivity index (χ1) is 9.62. The van der Waals surface area contributed by atoms with Gasteiger partial charge in [0.2, 0.25) is 5.78 Å². The van der Waals surface area contributed by atoms with Gasteiger partial charge in [-0.3, -0.25) is 19.4 Å². The molecule has 2 rings (SSSR count). The number of benzene rings is 1. The minimum Gasteiger partial charge on any atom is -0.291 e. The Morgan fingerprint density at radius 3 is 2.43 bits per heavy atom. The lowest BCUT2D eigenvalue weighted by Crippen LogP contribution is -2.21. The topological polar surface area (TPSA) is 54.9 Å². The smallest absolute Gasteiger partial charge is 0.291 e. The molecule has 112 valence electrons. The highest BCUT2D eigenvalue weighted by atomic mass is 35.5. The molecule has 0 radical (unpaired) electrons. The number of aromatic nitrogens is 2. The van der Waals surface area contributed by atoms with Crippen molar-refractivity contribution in [3.8, 4) is 0 Å². The van der Waals surface area contributed by atoms with Gasteiger partial charge in [-0.15, -0.1) is 0 Å². The molecule has 0 saturated carbocycles. The summed E-state index contributed by atoms with van der Waals surface area (Å²) in [6, 6.07) is 3.67. The second-order valence-electron chi connectivity index (χ2n) is 4.18. The zero-order valence-electron chi connectivity index (χ0n) is 10.4. The number of nitrogens with one attached hydrogen (secondary N) is 1. The van der Waals surface area contributed by atoms with Crippen molar-refractivity contribution in [2.75, 3.05) is 0 Å². The van der Waals surface area contributed by atoms with Crippen LogP contribution in [0.25, 0.3) is 0 Å². The molecule has 0 aliphatic rings. The van der Waals surface area contributed by atoms with Gasteiger partial charge in [-0.05, 0) is 18.2 Å². The number of carbonyl (C=O) groups excluding carboxylic acids is 1. The second kappa shape index (κ2) is 5.23. The molecular weight excluding hydrogens is 332 g/mol. The van der Waals surface area contributed by atoms with E-state index in [4.69, 9.17) is 23.2 Å². The molecule has 0 fully saturated rings. The Labute approximate surface area is 126 Å². The van der Waals surface area contributed by atoms with Gasteiger partial charge >= 0.3 is 6.18 Å². The third kappa shape index (κ3) is 2.84. The first-order valence-electron chi connectivity index (χ1n) is 5.49. The molecule has 4 nitrogen and oxygen atoms in total. The third-order valence-corrected chi connectivity index (χ3v) is 3.28. The number of H-pyrrole nitrogens is 1. The maximum absolute atomic E-state index is 12.9. The van der Waals surface area contributed by atoms with Gasteiger partial charge in [-0.25, -0.2) is 0 Å². The van der Waals surface area contributed by atoms with E-state index in [1.54, 1.807) is 0 Å². The van der Waals surface area contributed by atoms with E-state index in [1.807, 2.05) is 5.10 Å². The van der Waals surface area contributed by atoms with Crippen LogP contribution in [0.4, 0.5) is 13.2 Å². The van der Waals surface area contributed by atoms with Crippen LogP contribution in [0.1, 0.15) is 21.6 Å². The molecule has 1 aromatic carbocycles. The van der Waals surface area contributed by atoms with Crippen molar-refractivity contribution < 1.29 is 18.0 Å². The van der Waals surface area contributed by atoms with Crippen LogP contribution in [-0.2, 0) is 13.2 Å². The van der Waals surface area contributed by atoms with E-state index in [0.29, 0.717) is 4.68 Å². The van der Waals surface area contributed by atoms with Crippen LogP contribution in [0.3, 0.4) is 0 Å². The van der Waals surface area contributed by atoms with Crippen molar-refractivity contribution in [1.82, 2.24) is 9.78 Å². The lowest BCUT2D eigenvalue weighted by atomic mass is 10.0. The SMILES string of the molecule is Cn1[nH]c(C(F)(F)F)c(C(=O)c2ccc(Cl)cc2Cl)c1=O. The van der Waals surface area contributed by atoms with E-state index in [9.17, 15) is 22.8 Å². The fraction of sp³-hybridized carbons (Fsp3) is 0.167. The Balaban J connectivity index is 2.67. The lowest BCUT2D eigenvalue weighted by molar-refractivity contribution is -0.141. The highest BCUT2D eigenvalue weighted by Gasteiger charge is 2.40. The molecule has 21 heavy (non-hydrogen) atoms. The molecule has 9 heteroatoms. The molecule has 0 aliphatic carbocycles. The molecular formula is C12H7Cl2F3N2O2. The van der Waals surface area contributed by atoms with E-state index in [1.165, 1.54) is 18.2 Å². The summed E-state index contributed by atoms with van der Waals surface area (Å²) >= 11 is 11.5. The Hall–Kier alpha value is -1.73. The van der Waals surface area contributed by atoms with Crippen molar-refractivity contribution in [2.45, 2.75) is 6.18 Å². The van der Waals surface area contributed by atoms with Crippen LogP contribution in [0, 0.1) is 0 Å². The Bertz CT molecular complexity index is 778. The van der Waals surface area contributed by atoms with Crippen LogP contribution < -0.4 is 5.56 Å². The summed E-state index contributed by atoms with van der Waals surface area (Å²) in [5, 5.41) is 1.91. The van der Waals surface area contributed by atoms with Crippen molar-refractivity contribution in [3.63, 3.8) is 0 Å². The highest BCUT2D eigenvalue weighted by molar-refractivity contribution is 6.37. The maximum Gasteiger partial charge on any atom is 0.433 e. The Morgan fingerprint density at radius 2 is 1.90 bits per heavy atom. The van der Waals surface area contributed by atoms with Gasteiger partial charge in [0.05, 0.1) is 5.02 Å². The van der Waals surface area contributed by atoms with Crippen LogP contribution in [0.2, 0.25) is 10.0 Å². The van der Waals surface area contributed by atoms with Gasteiger partial charge in [0.1, 0.15) is 5.56 Å². The van der Waals surface area contributed by atoms with Crippen LogP contribution in [0.5, 0.6) is 0 Å². The van der Waals surface area contributed by atoms with E-state index in [-0.39, 0.29) is 15.6 Å². The number of ketones is 1. The highest BCUT2D eigenvalue weighted by Crippen LogP contribution is 2.31. The number of halogens is 5. The minimum absolute atomic E-state index is 0.135.